The minimum absolute atomic E-state index is 0.0723. The number of amides is 1. The fraction of sp³-hybridized carbons (Fsp3) is 0.588. The van der Waals surface area contributed by atoms with E-state index in [4.69, 9.17) is 27.9 Å². The van der Waals surface area contributed by atoms with Gasteiger partial charge in [0.2, 0.25) is 5.91 Å². The molecule has 3 rings (SSSR count). The molecule has 0 bridgehead atoms. The Hall–Kier alpha value is -0.810. The van der Waals surface area contributed by atoms with Gasteiger partial charge in [-0.15, -0.1) is 0 Å². The normalized spacial score (nSPS) is 23.0. The number of morpholine rings is 1. The van der Waals surface area contributed by atoms with Crippen LogP contribution in [0.5, 0.6) is 0 Å². The summed E-state index contributed by atoms with van der Waals surface area (Å²) in [5.41, 5.74) is 0.954. The summed E-state index contributed by atoms with van der Waals surface area (Å²) in [6.45, 7) is 5.18. The molecule has 6 heteroatoms. The van der Waals surface area contributed by atoms with Gasteiger partial charge in [0.25, 0.3) is 0 Å². The van der Waals surface area contributed by atoms with Crippen LogP contribution in [-0.2, 0) is 16.1 Å². The number of hydrogen-bond acceptors (Lipinski definition) is 3. The maximum atomic E-state index is 12.7. The molecule has 1 aromatic carbocycles. The van der Waals surface area contributed by atoms with E-state index in [1.54, 1.807) is 0 Å². The van der Waals surface area contributed by atoms with Crippen LogP contribution in [0.2, 0.25) is 10.0 Å². The number of benzene rings is 1. The van der Waals surface area contributed by atoms with Gasteiger partial charge in [-0.25, -0.2) is 0 Å². The molecule has 126 valence electrons. The van der Waals surface area contributed by atoms with Crippen LogP contribution in [0.25, 0.3) is 0 Å². The molecule has 2 fully saturated rings. The van der Waals surface area contributed by atoms with Crippen LogP contribution in [0.1, 0.15) is 18.4 Å². The van der Waals surface area contributed by atoms with Gasteiger partial charge in [-0.2, -0.15) is 0 Å². The molecule has 0 unspecified atom stereocenters. The predicted octanol–water partition coefficient (Wildman–Crippen LogP) is 3.06. The van der Waals surface area contributed by atoms with Crippen LogP contribution in [0.4, 0.5) is 0 Å². The molecular formula is C17H22Cl2N2O2. The van der Waals surface area contributed by atoms with Crippen molar-refractivity contribution < 1.29 is 9.53 Å². The third-order valence-corrected chi connectivity index (χ3v) is 5.33. The molecule has 2 aliphatic heterocycles. The van der Waals surface area contributed by atoms with E-state index in [9.17, 15) is 4.79 Å². The van der Waals surface area contributed by atoms with Gasteiger partial charge < -0.3 is 9.64 Å². The minimum Gasteiger partial charge on any atom is -0.378 e. The fourth-order valence-electron chi connectivity index (χ4n) is 3.35. The summed E-state index contributed by atoms with van der Waals surface area (Å²) in [7, 11) is 0. The maximum absolute atomic E-state index is 12.7. The van der Waals surface area contributed by atoms with E-state index in [0.717, 1.165) is 31.5 Å². The van der Waals surface area contributed by atoms with Gasteiger partial charge in [0.1, 0.15) is 0 Å². The van der Waals surface area contributed by atoms with E-state index >= 15 is 0 Å². The zero-order chi connectivity index (χ0) is 16.2. The molecular weight excluding hydrogens is 335 g/mol. The summed E-state index contributed by atoms with van der Waals surface area (Å²) in [5.74, 6) is 0.339. The standard InChI is InChI=1S/C17H22Cl2N2O2/c18-15-4-1-5-16(19)14(15)12-20-6-2-3-13(11-20)17(22)21-7-9-23-10-8-21/h1,4-5,13H,2-3,6-12H2/t13-/m1/s1. The highest BCUT2D eigenvalue weighted by Gasteiger charge is 2.30. The number of piperidine rings is 1. The van der Waals surface area contributed by atoms with Gasteiger partial charge in [-0.3, -0.25) is 9.69 Å². The summed E-state index contributed by atoms with van der Waals surface area (Å²) in [6, 6.07) is 5.58. The molecule has 1 amide bonds. The van der Waals surface area contributed by atoms with Gasteiger partial charge in [0, 0.05) is 41.8 Å². The van der Waals surface area contributed by atoms with Crippen molar-refractivity contribution in [1.29, 1.82) is 0 Å². The summed E-state index contributed by atoms with van der Waals surface area (Å²) in [4.78, 5) is 16.9. The molecule has 4 nitrogen and oxygen atoms in total. The molecule has 0 aliphatic carbocycles. The zero-order valence-corrected chi connectivity index (χ0v) is 14.7. The number of rotatable bonds is 3. The average Bonchev–Trinajstić information content (AvgIpc) is 2.59. The smallest absolute Gasteiger partial charge is 0.227 e. The second kappa shape index (κ2) is 7.84. The molecule has 0 spiro atoms. The summed E-state index contributed by atoms with van der Waals surface area (Å²) in [6.07, 6.45) is 1.99. The van der Waals surface area contributed by atoms with Crippen molar-refractivity contribution in [2.45, 2.75) is 19.4 Å². The topological polar surface area (TPSA) is 32.8 Å². The molecule has 0 saturated carbocycles. The van der Waals surface area contributed by atoms with Crippen molar-refractivity contribution in [1.82, 2.24) is 9.80 Å². The van der Waals surface area contributed by atoms with E-state index < -0.39 is 0 Å². The minimum atomic E-state index is 0.0723. The van der Waals surface area contributed by atoms with Crippen molar-refractivity contribution in [3.05, 3.63) is 33.8 Å². The lowest BCUT2D eigenvalue weighted by atomic mass is 9.96. The second-order valence-corrected chi connectivity index (χ2v) is 7.03. The summed E-state index contributed by atoms with van der Waals surface area (Å²) in [5, 5.41) is 1.39. The van der Waals surface area contributed by atoms with E-state index in [1.807, 2.05) is 23.1 Å². The zero-order valence-electron chi connectivity index (χ0n) is 13.1. The highest BCUT2D eigenvalue weighted by molar-refractivity contribution is 6.35. The molecule has 0 radical (unpaired) electrons. The first-order valence-corrected chi connectivity index (χ1v) is 8.92. The SMILES string of the molecule is O=C([C@@H]1CCCN(Cc2c(Cl)cccc2Cl)C1)N1CCOCC1. The lowest BCUT2D eigenvalue weighted by Crippen LogP contribution is -2.48. The third kappa shape index (κ3) is 4.18. The van der Waals surface area contributed by atoms with Gasteiger partial charge in [-0.05, 0) is 31.5 Å². The first-order chi connectivity index (χ1) is 11.1. The van der Waals surface area contributed by atoms with Crippen LogP contribution >= 0.6 is 23.2 Å². The Kier molecular flexibility index (Phi) is 5.81. The van der Waals surface area contributed by atoms with Crippen molar-refractivity contribution in [2.75, 3.05) is 39.4 Å². The van der Waals surface area contributed by atoms with E-state index in [2.05, 4.69) is 4.90 Å². The number of carbonyl (C=O) groups excluding carboxylic acids is 1. The Morgan fingerprint density at radius 1 is 1.17 bits per heavy atom. The molecule has 1 aromatic rings. The number of halogens is 2. The summed E-state index contributed by atoms with van der Waals surface area (Å²) < 4.78 is 5.33. The Labute approximate surface area is 147 Å². The first-order valence-electron chi connectivity index (χ1n) is 8.17. The van der Waals surface area contributed by atoms with E-state index in [1.165, 1.54) is 0 Å². The Bertz CT molecular complexity index is 541. The molecule has 0 N–H and O–H groups in total. The van der Waals surface area contributed by atoms with Crippen LogP contribution < -0.4 is 0 Å². The Morgan fingerprint density at radius 3 is 2.57 bits per heavy atom. The van der Waals surface area contributed by atoms with Gasteiger partial charge in [0.05, 0.1) is 19.1 Å². The van der Waals surface area contributed by atoms with Crippen molar-refractivity contribution in [2.24, 2.45) is 5.92 Å². The summed E-state index contributed by atoms with van der Waals surface area (Å²) >= 11 is 12.5. The molecule has 0 aromatic heterocycles. The number of likely N-dealkylation sites (tertiary alicyclic amines) is 1. The number of ether oxygens (including phenoxy) is 1. The lowest BCUT2D eigenvalue weighted by molar-refractivity contribution is -0.141. The van der Waals surface area contributed by atoms with Gasteiger partial charge >= 0.3 is 0 Å². The average molecular weight is 357 g/mol. The largest absolute Gasteiger partial charge is 0.378 e. The first kappa shape index (κ1) is 17.0. The van der Waals surface area contributed by atoms with Crippen LogP contribution in [0, 0.1) is 5.92 Å². The van der Waals surface area contributed by atoms with Crippen LogP contribution in [0.3, 0.4) is 0 Å². The molecule has 2 saturated heterocycles. The van der Waals surface area contributed by atoms with Gasteiger partial charge in [-0.1, -0.05) is 29.3 Å². The van der Waals surface area contributed by atoms with Crippen molar-refractivity contribution in [3.63, 3.8) is 0 Å². The highest BCUT2D eigenvalue weighted by Crippen LogP contribution is 2.28. The Morgan fingerprint density at radius 2 is 1.87 bits per heavy atom. The lowest BCUT2D eigenvalue weighted by Gasteiger charge is -2.36. The fourth-order valence-corrected chi connectivity index (χ4v) is 3.87. The third-order valence-electron chi connectivity index (χ3n) is 4.62. The molecule has 23 heavy (non-hydrogen) atoms. The number of hydrogen-bond donors (Lipinski definition) is 0. The molecule has 2 heterocycles. The number of nitrogens with zero attached hydrogens (tertiary/aromatic N) is 2. The molecule has 2 aliphatic rings. The maximum Gasteiger partial charge on any atom is 0.227 e. The number of carbonyl (C=O) groups is 1. The van der Waals surface area contributed by atoms with Gasteiger partial charge in [0.15, 0.2) is 0 Å². The van der Waals surface area contributed by atoms with Crippen LogP contribution in [-0.4, -0.2) is 55.1 Å². The highest BCUT2D eigenvalue weighted by atomic mass is 35.5. The molecule has 1 atom stereocenters. The monoisotopic (exact) mass is 356 g/mol. The predicted molar refractivity (Wildman–Crippen MR) is 91.9 cm³/mol. The van der Waals surface area contributed by atoms with E-state index in [0.29, 0.717) is 42.9 Å². The van der Waals surface area contributed by atoms with E-state index in [-0.39, 0.29) is 11.8 Å². The Balaban J connectivity index is 1.63. The second-order valence-electron chi connectivity index (χ2n) is 6.21. The van der Waals surface area contributed by atoms with Crippen LogP contribution in [0.15, 0.2) is 18.2 Å². The quantitative estimate of drug-likeness (QED) is 0.834. The van der Waals surface area contributed by atoms with Crippen molar-refractivity contribution in [3.8, 4) is 0 Å². The van der Waals surface area contributed by atoms with Crippen molar-refractivity contribution >= 4 is 29.1 Å².